The van der Waals surface area contributed by atoms with Gasteiger partial charge < -0.3 is 15.5 Å². The molecular formula is C26H29N7O3S. The smallest absolute Gasteiger partial charge is 0.338 e. The highest BCUT2D eigenvalue weighted by Crippen LogP contribution is 2.42. The quantitative estimate of drug-likeness (QED) is 0.331. The second-order valence-electron chi connectivity index (χ2n) is 9.10. The second kappa shape index (κ2) is 9.24. The van der Waals surface area contributed by atoms with Gasteiger partial charge in [-0.2, -0.15) is 5.10 Å². The Morgan fingerprint density at radius 2 is 1.86 bits per heavy atom. The molecule has 10 nitrogen and oxygen atoms in total. The molecule has 0 saturated carbocycles. The zero-order chi connectivity index (χ0) is 26.5. The van der Waals surface area contributed by atoms with Crippen LogP contribution >= 0.6 is 11.3 Å². The van der Waals surface area contributed by atoms with Crippen molar-refractivity contribution in [2.75, 3.05) is 5.32 Å². The predicted molar refractivity (Wildman–Crippen MR) is 142 cm³/mol. The van der Waals surface area contributed by atoms with Crippen molar-refractivity contribution >= 4 is 34.5 Å². The van der Waals surface area contributed by atoms with Gasteiger partial charge in [-0.25, -0.2) is 9.48 Å². The van der Waals surface area contributed by atoms with Crippen molar-refractivity contribution in [3.63, 3.8) is 0 Å². The van der Waals surface area contributed by atoms with Crippen LogP contribution in [0.5, 0.6) is 0 Å². The van der Waals surface area contributed by atoms with E-state index in [1.165, 1.54) is 0 Å². The fourth-order valence-corrected chi connectivity index (χ4v) is 5.87. The van der Waals surface area contributed by atoms with Crippen molar-refractivity contribution in [1.29, 1.82) is 0 Å². The van der Waals surface area contributed by atoms with E-state index in [9.17, 15) is 15.0 Å². The molecule has 0 radical (unpaired) electrons. The number of aromatic nitrogens is 5. The van der Waals surface area contributed by atoms with Gasteiger partial charge in [0.2, 0.25) is 0 Å². The third-order valence-corrected chi connectivity index (χ3v) is 8.16. The third kappa shape index (κ3) is 3.94. The van der Waals surface area contributed by atoms with Gasteiger partial charge in [0.05, 0.1) is 11.9 Å². The van der Waals surface area contributed by atoms with E-state index in [1.807, 2.05) is 67.3 Å². The van der Waals surface area contributed by atoms with E-state index in [1.54, 1.807) is 24.5 Å². The summed E-state index contributed by atoms with van der Waals surface area (Å²) in [5, 5.41) is 38.5. The van der Waals surface area contributed by atoms with Gasteiger partial charge in [-0.3, -0.25) is 9.56 Å². The molecule has 0 aliphatic carbocycles. The Balaban J connectivity index is 1.68. The molecule has 192 valence electrons. The number of aliphatic hydroxyl groups is 1. The molecule has 11 heteroatoms. The summed E-state index contributed by atoms with van der Waals surface area (Å²) >= 11 is 1.58. The largest absolute Gasteiger partial charge is 0.479 e. The predicted octanol–water partition coefficient (Wildman–Crippen LogP) is 4.33. The molecule has 4 heterocycles. The summed E-state index contributed by atoms with van der Waals surface area (Å²) in [6.07, 6.45) is 1.71. The van der Waals surface area contributed by atoms with Gasteiger partial charge in [-0.05, 0) is 51.8 Å². The molecule has 0 amide bonds. The molecule has 1 aliphatic heterocycles. The van der Waals surface area contributed by atoms with Crippen LogP contribution in [0.25, 0.3) is 5.00 Å². The maximum absolute atomic E-state index is 12.3. The fraction of sp³-hybridized carbons (Fsp3) is 0.346. The Bertz CT molecular complexity index is 1520. The van der Waals surface area contributed by atoms with Gasteiger partial charge in [0, 0.05) is 34.3 Å². The Kier molecular flexibility index (Phi) is 6.20. The van der Waals surface area contributed by atoms with E-state index in [2.05, 4.69) is 20.6 Å². The summed E-state index contributed by atoms with van der Waals surface area (Å²) in [7, 11) is 0. The van der Waals surface area contributed by atoms with Gasteiger partial charge in [0.1, 0.15) is 16.6 Å². The first-order chi connectivity index (χ1) is 17.7. The Hall–Kier alpha value is -3.83. The lowest BCUT2D eigenvalue weighted by Gasteiger charge is -2.28. The maximum Gasteiger partial charge on any atom is 0.338 e. The van der Waals surface area contributed by atoms with Crippen molar-refractivity contribution < 1.29 is 15.0 Å². The minimum absolute atomic E-state index is 0.0463. The zero-order valence-corrected chi connectivity index (χ0v) is 22.2. The van der Waals surface area contributed by atoms with Crippen LogP contribution in [0.15, 0.2) is 41.5 Å². The van der Waals surface area contributed by atoms with Crippen LogP contribution in [0.4, 0.5) is 11.5 Å². The highest BCUT2D eigenvalue weighted by atomic mass is 32.1. The molecule has 2 atom stereocenters. The normalized spacial score (nSPS) is 16.4. The fourth-order valence-electron chi connectivity index (χ4n) is 4.65. The maximum atomic E-state index is 12.3. The molecule has 0 saturated heterocycles. The second-order valence-corrected chi connectivity index (χ2v) is 10.3. The van der Waals surface area contributed by atoms with Gasteiger partial charge in [0.15, 0.2) is 17.5 Å². The monoisotopic (exact) mass is 519 g/mol. The molecule has 4 aromatic rings. The lowest BCUT2D eigenvalue weighted by atomic mass is 9.90. The first-order valence-electron chi connectivity index (χ1n) is 12.1. The number of rotatable bonds is 7. The number of hydrogen-bond acceptors (Lipinski definition) is 8. The number of thiophene rings is 1. The number of aliphatic carboxylic acids is 1. The highest BCUT2D eigenvalue weighted by Gasteiger charge is 2.48. The SMILES string of the molecule is CCn1nccc1Nc1ccc(C2=NC([C@@](O)(CC)C(=O)O)c3nnc(C)n3-c3sc(C)c(C)c32)cc1. The summed E-state index contributed by atoms with van der Waals surface area (Å²) in [6.45, 7) is 10.3. The van der Waals surface area contributed by atoms with Crippen molar-refractivity contribution in [2.24, 2.45) is 4.99 Å². The van der Waals surface area contributed by atoms with E-state index < -0.39 is 17.6 Å². The molecule has 0 bridgehead atoms. The summed E-state index contributed by atoms with van der Waals surface area (Å²) in [6, 6.07) is 8.57. The summed E-state index contributed by atoms with van der Waals surface area (Å²) in [4.78, 5) is 18.4. The Labute approximate surface area is 218 Å². The van der Waals surface area contributed by atoms with Crippen molar-refractivity contribution in [1.82, 2.24) is 24.5 Å². The highest BCUT2D eigenvalue weighted by molar-refractivity contribution is 7.15. The summed E-state index contributed by atoms with van der Waals surface area (Å²) in [5.41, 5.74) is 2.09. The number of fused-ring (bicyclic) bond motifs is 3. The number of nitrogens with one attached hydrogen (secondary N) is 1. The van der Waals surface area contributed by atoms with Crippen LogP contribution in [0.2, 0.25) is 0 Å². The number of aliphatic imine (C=N–C) groups is 1. The van der Waals surface area contributed by atoms with Crippen molar-refractivity contribution in [2.45, 2.75) is 59.2 Å². The van der Waals surface area contributed by atoms with Crippen LogP contribution < -0.4 is 5.32 Å². The lowest BCUT2D eigenvalue weighted by Crippen LogP contribution is -2.44. The number of benzene rings is 1. The van der Waals surface area contributed by atoms with E-state index in [0.29, 0.717) is 17.4 Å². The number of nitrogens with zero attached hydrogens (tertiary/aromatic N) is 6. The van der Waals surface area contributed by atoms with Crippen molar-refractivity contribution in [3.8, 4) is 5.00 Å². The number of carboxylic acids is 1. The lowest BCUT2D eigenvalue weighted by molar-refractivity contribution is -0.161. The summed E-state index contributed by atoms with van der Waals surface area (Å²) < 4.78 is 3.71. The number of anilines is 2. The molecular weight excluding hydrogens is 490 g/mol. The van der Waals surface area contributed by atoms with E-state index >= 15 is 0 Å². The topological polar surface area (TPSA) is 130 Å². The van der Waals surface area contributed by atoms with Gasteiger partial charge in [0.25, 0.3) is 0 Å². The molecule has 0 spiro atoms. The minimum atomic E-state index is -2.15. The standard InChI is InChI=1S/C26H29N7O3S/c1-6-26(36,25(34)35)22-23-31-30-16(5)33(23)24-20(14(3)15(4)37-24)21(29-22)17-8-10-18(11-9-17)28-19-12-13-27-32(19)7-2/h8-13,22,28,36H,6-7H2,1-5H3,(H,34,35)/t22?,26-/m0/s1. The molecule has 3 aromatic heterocycles. The van der Waals surface area contributed by atoms with E-state index in [0.717, 1.165) is 44.6 Å². The molecule has 37 heavy (non-hydrogen) atoms. The first kappa shape index (κ1) is 24.8. The van der Waals surface area contributed by atoms with Crippen LogP contribution in [0.1, 0.15) is 59.5 Å². The number of aryl methyl sites for hydroxylation is 3. The van der Waals surface area contributed by atoms with Gasteiger partial charge >= 0.3 is 5.97 Å². The van der Waals surface area contributed by atoms with Crippen molar-refractivity contribution in [3.05, 3.63) is 69.7 Å². The number of carbonyl (C=O) groups is 1. The molecule has 5 rings (SSSR count). The first-order valence-corrected chi connectivity index (χ1v) is 13.0. The summed E-state index contributed by atoms with van der Waals surface area (Å²) in [5.74, 6) is 0.458. The molecule has 1 aliphatic rings. The minimum Gasteiger partial charge on any atom is -0.479 e. The molecule has 1 aromatic carbocycles. The van der Waals surface area contributed by atoms with Gasteiger partial charge in [-0.1, -0.05) is 19.1 Å². The Morgan fingerprint density at radius 3 is 2.51 bits per heavy atom. The van der Waals surface area contributed by atoms with Crippen LogP contribution in [-0.2, 0) is 11.3 Å². The average molecular weight is 520 g/mol. The molecule has 3 N–H and O–H groups in total. The van der Waals surface area contributed by atoms with E-state index in [-0.39, 0.29) is 6.42 Å². The zero-order valence-electron chi connectivity index (χ0n) is 21.3. The Morgan fingerprint density at radius 1 is 1.14 bits per heavy atom. The van der Waals surface area contributed by atoms with Crippen LogP contribution in [-0.4, -0.2) is 52.0 Å². The number of carboxylic acid groups (broad SMARTS) is 1. The van der Waals surface area contributed by atoms with Crippen LogP contribution in [0.3, 0.4) is 0 Å². The van der Waals surface area contributed by atoms with Crippen LogP contribution in [0, 0.1) is 20.8 Å². The average Bonchev–Trinajstić information content (AvgIpc) is 3.55. The van der Waals surface area contributed by atoms with E-state index in [4.69, 9.17) is 4.99 Å². The molecule has 0 fully saturated rings. The van der Waals surface area contributed by atoms with Gasteiger partial charge in [-0.15, -0.1) is 21.5 Å². The number of hydrogen-bond donors (Lipinski definition) is 3. The third-order valence-electron chi connectivity index (χ3n) is 6.97. The molecule has 1 unspecified atom stereocenters.